The Balaban J connectivity index is 2.39. The fourth-order valence-corrected chi connectivity index (χ4v) is 2.03. The summed E-state index contributed by atoms with van der Waals surface area (Å²) < 4.78 is 1.86. The van der Waals surface area contributed by atoms with Crippen LogP contribution in [0.4, 0.5) is 0 Å². The van der Waals surface area contributed by atoms with Crippen molar-refractivity contribution in [3.05, 3.63) is 23.0 Å². The van der Waals surface area contributed by atoms with Crippen molar-refractivity contribution in [3.63, 3.8) is 0 Å². The van der Waals surface area contributed by atoms with Crippen molar-refractivity contribution in [2.75, 3.05) is 0 Å². The molecule has 4 nitrogen and oxygen atoms in total. The number of imidazole rings is 1. The number of aromatic nitrogens is 2. The van der Waals surface area contributed by atoms with E-state index in [4.69, 9.17) is 5.11 Å². The second-order valence-corrected chi connectivity index (χ2v) is 4.05. The van der Waals surface area contributed by atoms with Crippen molar-refractivity contribution in [2.24, 2.45) is 0 Å². The van der Waals surface area contributed by atoms with Gasteiger partial charge in [0.1, 0.15) is 0 Å². The van der Waals surface area contributed by atoms with Crippen molar-refractivity contribution in [1.82, 2.24) is 9.38 Å². The second kappa shape index (κ2) is 2.85. The van der Waals surface area contributed by atoms with E-state index in [-0.39, 0.29) is 6.42 Å². The van der Waals surface area contributed by atoms with E-state index in [0.717, 1.165) is 4.96 Å². The van der Waals surface area contributed by atoms with Gasteiger partial charge in [0, 0.05) is 17.3 Å². The van der Waals surface area contributed by atoms with Gasteiger partial charge < -0.3 is 5.11 Å². The molecule has 0 saturated heterocycles. The molecule has 2 heterocycles. The molecule has 0 aliphatic heterocycles. The number of hydrogen-bond donors (Lipinski definition) is 1. The topological polar surface area (TPSA) is 54.6 Å². The van der Waals surface area contributed by atoms with E-state index in [9.17, 15) is 4.79 Å². The molecule has 2 rings (SSSR count). The number of fused-ring (bicyclic) bond motifs is 1. The van der Waals surface area contributed by atoms with Gasteiger partial charge in [0.25, 0.3) is 0 Å². The van der Waals surface area contributed by atoms with Gasteiger partial charge >= 0.3 is 5.97 Å². The Kier molecular flexibility index (Phi) is 1.81. The molecule has 0 fully saturated rings. The molecule has 0 unspecified atom stereocenters. The summed E-state index contributed by atoms with van der Waals surface area (Å²) in [5, 5.41) is 8.54. The molecule has 0 spiro atoms. The van der Waals surface area contributed by atoms with Crippen molar-refractivity contribution < 1.29 is 9.90 Å². The highest BCUT2D eigenvalue weighted by molar-refractivity contribution is 7.16. The minimum atomic E-state index is -0.845. The Morgan fingerprint density at radius 1 is 1.69 bits per heavy atom. The molecule has 0 atom stereocenters. The Morgan fingerprint density at radius 2 is 2.46 bits per heavy atom. The second-order valence-electron chi connectivity index (χ2n) is 2.83. The number of aryl methyl sites for hydroxylation is 1. The molecule has 0 amide bonds. The van der Waals surface area contributed by atoms with E-state index in [1.807, 2.05) is 17.5 Å². The lowest BCUT2D eigenvalue weighted by molar-refractivity contribution is -0.136. The van der Waals surface area contributed by atoms with Crippen LogP contribution in [-0.4, -0.2) is 20.5 Å². The molecule has 68 valence electrons. The summed E-state index contributed by atoms with van der Waals surface area (Å²) >= 11 is 1.56. The van der Waals surface area contributed by atoms with Gasteiger partial charge in [-0.05, 0) is 6.92 Å². The molecule has 0 radical (unpaired) electrons. The number of carbonyl (C=O) groups is 1. The van der Waals surface area contributed by atoms with Crippen LogP contribution in [-0.2, 0) is 11.2 Å². The standard InChI is InChI=1S/C8H8N2O2S/c1-5-3-10-4-6(2-7(11)12)9-8(10)13-5/h3-4H,2H2,1H3,(H,11,12). The number of nitrogens with zero attached hydrogens (tertiary/aromatic N) is 2. The largest absolute Gasteiger partial charge is 0.481 e. The number of rotatable bonds is 2. The van der Waals surface area contributed by atoms with Crippen LogP contribution in [0.15, 0.2) is 12.4 Å². The zero-order valence-corrected chi connectivity index (χ0v) is 7.84. The number of carboxylic acids is 1. The molecule has 0 bridgehead atoms. The highest BCUT2D eigenvalue weighted by atomic mass is 32.1. The molecular formula is C8H8N2O2S. The lowest BCUT2D eigenvalue weighted by atomic mass is 10.3. The van der Waals surface area contributed by atoms with Crippen LogP contribution in [0.2, 0.25) is 0 Å². The van der Waals surface area contributed by atoms with Gasteiger partial charge in [-0.3, -0.25) is 9.20 Å². The third kappa shape index (κ3) is 1.55. The molecular weight excluding hydrogens is 188 g/mol. The first-order chi connectivity index (χ1) is 6.15. The third-order valence-corrected chi connectivity index (χ3v) is 2.57. The highest BCUT2D eigenvalue weighted by Gasteiger charge is 2.07. The van der Waals surface area contributed by atoms with E-state index in [2.05, 4.69) is 4.98 Å². The van der Waals surface area contributed by atoms with Gasteiger partial charge in [-0.1, -0.05) is 0 Å². The van der Waals surface area contributed by atoms with Crippen molar-refractivity contribution in [1.29, 1.82) is 0 Å². The zero-order chi connectivity index (χ0) is 9.42. The van der Waals surface area contributed by atoms with Gasteiger partial charge in [-0.15, -0.1) is 11.3 Å². The van der Waals surface area contributed by atoms with Crippen LogP contribution in [0.1, 0.15) is 10.6 Å². The first kappa shape index (κ1) is 8.25. The minimum absolute atomic E-state index is 0.00650. The summed E-state index contributed by atoms with van der Waals surface area (Å²) in [5.74, 6) is -0.845. The van der Waals surface area contributed by atoms with Gasteiger partial charge in [-0.25, -0.2) is 4.98 Å². The van der Waals surface area contributed by atoms with Crippen LogP contribution in [0, 0.1) is 6.92 Å². The van der Waals surface area contributed by atoms with Crippen molar-refractivity contribution >= 4 is 22.3 Å². The van der Waals surface area contributed by atoms with Gasteiger partial charge in [0.2, 0.25) is 0 Å². The first-order valence-corrected chi connectivity index (χ1v) is 4.62. The Bertz CT molecular complexity index is 426. The molecule has 2 aromatic heterocycles. The molecule has 2 aromatic rings. The molecule has 1 N–H and O–H groups in total. The van der Waals surface area contributed by atoms with Crippen LogP contribution in [0.25, 0.3) is 4.96 Å². The Hall–Kier alpha value is -1.36. The summed E-state index contributed by atoms with van der Waals surface area (Å²) in [6, 6.07) is 0. The molecule has 0 aliphatic rings. The third-order valence-electron chi connectivity index (χ3n) is 1.65. The van der Waals surface area contributed by atoms with Gasteiger partial charge in [-0.2, -0.15) is 0 Å². The van der Waals surface area contributed by atoms with E-state index in [0.29, 0.717) is 5.69 Å². The fourth-order valence-electron chi connectivity index (χ4n) is 1.20. The normalized spacial score (nSPS) is 10.8. The quantitative estimate of drug-likeness (QED) is 0.788. The number of carboxylic acid groups (broad SMARTS) is 1. The van der Waals surface area contributed by atoms with Crippen LogP contribution >= 0.6 is 11.3 Å². The molecule has 0 aromatic carbocycles. The van der Waals surface area contributed by atoms with Crippen LogP contribution in [0.3, 0.4) is 0 Å². The van der Waals surface area contributed by atoms with Crippen LogP contribution in [0.5, 0.6) is 0 Å². The van der Waals surface area contributed by atoms with E-state index < -0.39 is 5.97 Å². The van der Waals surface area contributed by atoms with Crippen molar-refractivity contribution in [2.45, 2.75) is 13.3 Å². The maximum Gasteiger partial charge on any atom is 0.309 e. The van der Waals surface area contributed by atoms with E-state index in [1.54, 1.807) is 17.5 Å². The maximum atomic E-state index is 10.4. The molecule has 5 heteroatoms. The first-order valence-electron chi connectivity index (χ1n) is 3.81. The average molecular weight is 196 g/mol. The van der Waals surface area contributed by atoms with Crippen molar-refractivity contribution in [3.8, 4) is 0 Å². The predicted octanol–water partition coefficient (Wildman–Crippen LogP) is 1.33. The SMILES string of the molecule is Cc1cn2cc(CC(=O)O)nc2s1. The lowest BCUT2D eigenvalue weighted by Crippen LogP contribution is -1.99. The van der Waals surface area contributed by atoms with Gasteiger partial charge in [0.15, 0.2) is 4.96 Å². The molecule has 13 heavy (non-hydrogen) atoms. The summed E-state index contributed by atoms with van der Waals surface area (Å²) in [4.78, 5) is 16.6. The Morgan fingerprint density at radius 3 is 3.08 bits per heavy atom. The molecule has 0 saturated carbocycles. The fraction of sp³-hybridized carbons (Fsp3) is 0.250. The zero-order valence-electron chi connectivity index (χ0n) is 7.02. The summed E-state index contributed by atoms with van der Waals surface area (Å²) in [5.41, 5.74) is 0.610. The average Bonchev–Trinajstić information content (AvgIpc) is 2.41. The summed E-state index contributed by atoms with van der Waals surface area (Å²) in [6.07, 6.45) is 3.69. The predicted molar refractivity (Wildman–Crippen MR) is 49.1 cm³/mol. The monoisotopic (exact) mass is 196 g/mol. The summed E-state index contributed by atoms with van der Waals surface area (Å²) in [7, 11) is 0. The maximum absolute atomic E-state index is 10.4. The Labute approximate surface area is 78.5 Å². The smallest absolute Gasteiger partial charge is 0.309 e. The van der Waals surface area contributed by atoms with Gasteiger partial charge in [0.05, 0.1) is 12.1 Å². The lowest BCUT2D eigenvalue weighted by Gasteiger charge is -1.85. The minimum Gasteiger partial charge on any atom is -0.481 e. The van der Waals surface area contributed by atoms with Crippen LogP contribution < -0.4 is 0 Å². The number of thiazole rings is 1. The van der Waals surface area contributed by atoms with E-state index >= 15 is 0 Å². The number of aliphatic carboxylic acids is 1. The summed E-state index contributed by atoms with van der Waals surface area (Å²) in [6.45, 7) is 2.00. The van der Waals surface area contributed by atoms with E-state index in [1.165, 1.54) is 4.88 Å². The highest BCUT2D eigenvalue weighted by Crippen LogP contribution is 2.16. The molecule has 0 aliphatic carbocycles. The number of hydrogen-bond acceptors (Lipinski definition) is 3.